The lowest BCUT2D eigenvalue weighted by Gasteiger charge is -2.04. The normalized spacial score (nSPS) is 11.3. The molecule has 0 radical (unpaired) electrons. The second-order valence-corrected chi connectivity index (χ2v) is 5.20. The van der Waals surface area contributed by atoms with Crippen molar-refractivity contribution >= 4 is 22.5 Å². The van der Waals surface area contributed by atoms with Crippen molar-refractivity contribution in [3.05, 3.63) is 34.5 Å². The van der Waals surface area contributed by atoms with Crippen LogP contribution in [0.1, 0.15) is 30.9 Å². The van der Waals surface area contributed by atoms with E-state index in [4.69, 9.17) is 16.7 Å². The van der Waals surface area contributed by atoms with Crippen molar-refractivity contribution < 1.29 is 5.11 Å². The molecule has 0 unspecified atom stereocenters. The van der Waals surface area contributed by atoms with Gasteiger partial charge in [-0.15, -0.1) is 0 Å². The van der Waals surface area contributed by atoms with Crippen molar-refractivity contribution in [1.29, 1.82) is 0 Å². The van der Waals surface area contributed by atoms with E-state index in [0.717, 1.165) is 22.5 Å². The number of aromatic nitrogens is 1. The molecule has 0 aliphatic rings. The first kappa shape index (κ1) is 13.4. The molecule has 1 aromatic carbocycles. The first-order valence-corrected chi connectivity index (χ1v) is 6.94. The Morgan fingerprint density at radius 1 is 1.33 bits per heavy atom. The summed E-state index contributed by atoms with van der Waals surface area (Å²) < 4.78 is 2.10. The number of hydrogen-bond donors (Lipinski definition) is 1. The average Bonchev–Trinajstić information content (AvgIpc) is 2.66. The number of aliphatic hydroxyl groups is 1. The summed E-state index contributed by atoms with van der Waals surface area (Å²) in [6.45, 7) is 5.02. The summed E-state index contributed by atoms with van der Waals surface area (Å²) in [5.41, 5.74) is 3.61. The number of halogens is 1. The monoisotopic (exact) mass is 265 g/mol. The van der Waals surface area contributed by atoms with Crippen molar-refractivity contribution in [2.24, 2.45) is 0 Å². The first-order valence-electron chi connectivity index (χ1n) is 6.56. The van der Waals surface area contributed by atoms with Gasteiger partial charge in [-0.3, -0.25) is 0 Å². The van der Waals surface area contributed by atoms with Crippen molar-refractivity contribution in [1.82, 2.24) is 4.57 Å². The maximum Gasteiger partial charge on any atom is 0.0610 e. The third-order valence-corrected chi connectivity index (χ3v) is 3.79. The largest absolute Gasteiger partial charge is 0.395 e. The molecule has 0 amide bonds. The Labute approximate surface area is 113 Å². The minimum absolute atomic E-state index is 0.155. The Bertz CT molecular complexity index is 545. The highest BCUT2D eigenvalue weighted by atomic mass is 35.5. The fraction of sp³-hybridized carbons (Fsp3) is 0.467. The van der Waals surface area contributed by atoms with Gasteiger partial charge < -0.3 is 9.67 Å². The van der Waals surface area contributed by atoms with Gasteiger partial charge in [0.05, 0.1) is 6.61 Å². The third-order valence-electron chi connectivity index (χ3n) is 3.38. The molecule has 0 saturated carbocycles. The zero-order valence-corrected chi connectivity index (χ0v) is 11.8. The second kappa shape index (κ2) is 5.77. The lowest BCUT2D eigenvalue weighted by molar-refractivity contribution is 0.278. The summed E-state index contributed by atoms with van der Waals surface area (Å²) in [5, 5.41) is 11.2. The number of nitrogens with zero attached hydrogens (tertiary/aromatic N) is 1. The van der Waals surface area contributed by atoms with E-state index >= 15 is 0 Å². The molecule has 18 heavy (non-hydrogen) atoms. The summed E-state index contributed by atoms with van der Waals surface area (Å²) >= 11 is 6.20. The van der Waals surface area contributed by atoms with Gasteiger partial charge in [0.25, 0.3) is 0 Å². The second-order valence-electron chi connectivity index (χ2n) is 4.79. The highest BCUT2D eigenvalue weighted by Crippen LogP contribution is 2.28. The van der Waals surface area contributed by atoms with Gasteiger partial charge in [0.2, 0.25) is 0 Å². The number of aliphatic hydroxyl groups excluding tert-OH is 1. The number of unbranched alkanes of at least 4 members (excludes halogenated alkanes) is 1. The summed E-state index contributed by atoms with van der Waals surface area (Å²) in [6.07, 6.45) is 5.64. The number of hydrogen-bond acceptors (Lipinski definition) is 1. The van der Waals surface area contributed by atoms with E-state index in [2.05, 4.69) is 23.8 Å². The molecule has 1 heterocycles. The van der Waals surface area contributed by atoms with Crippen LogP contribution >= 0.6 is 11.6 Å². The van der Waals surface area contributed by atoms with Gasteiger partial charge in [-0.05, 0) is 43.0 Å². The fourth-order valence-corrected chi connectivity index (χ4v) is 2.51. The quantitative estimate of drug-likeness (QED) is 0.870. The van der Waals surface area contributed by atoms with Crippen LogP contribution < -0.4 is 0 Å². The predicted molar refractivity (Wildman–Crippen MR) is 77.4 cm³/mol. The molecule has 2 nitrogen and oxygen atoms in total. The van der Waals surface area contributed by atoms with Crippen LogP contribution in [0.5, 0.6) is 0 Å². The van der Waals surface area contributed by atoms with E-state index in [1.807, 2.05) is 13.0 Å². The van der Waals surface area contributed by atoms with Crippen LogP contribution in [0.25, 0.3) is 10.9 Å². The van der Waals surface area contributed by atoms with Crippen molar-refractivity contribution in [3.8, 4) is 0 Å². The standard InChI is InChI=1S/C15H20ClNO/c1-3-4-5-12-10-17(6-7-18)15-9-14(16)11(2)8-13(12)15/h8-10,18H,3-7H2,1-2H3. The topological polar surface area (TPSA) is 25.2 Å². The van der Waals surface area contributed by atoms with Crippen LogP contribution in [0.15, 0.2) is 18.3 Å². The van der Waals surface area contributed by atoms with Crippen LogP contribution in [-0.2, 0) is 13.0 Å². The van der Waals surface area contributed by atoms with Gasteiger partial charge in [-0.1, -0.05) is 24.9 Å². The molecule has 0 saturated heterocycles. The maximum atomic E-state index is 9.13. The van der Waals surface area contributed by atoms with Crippen molar-refractivity contribution in [2.45, 2.75) is 39.7 Å². The van der Waals surface area contributed by atoms with E-state index in [0.29, 0.717) is 6.54 Å². The van der Waals surface area contributed by atoms with Crippen LogP contribution in [0.3, 0.4) is 0 Å². The van der Waals surface area contributed by atoms with E-state index in [-0.39, 0.29) is 6.61 Å². The molecule has 1 N–H and O–H groups in total. The molecule has 1 aromatic heterocycles. The molecule has 0 spiro atoms. The lowest BCUT2D eigenvalue weighted by atomic mass is 10.1. The molecule has 2 aromatic rings. The molecule has 0 aliphatic carbocycles. The lowest BCUT2D eigenvalue weighted by Crippen LogP contribution is -1.99. The molecule has 3 heteroatoms. The molecule has 2 rings (SSSR count). The molecule has 0 fully saturated rings. The third kappa shape index (κ3) is 2.55. The van der Waals surface area contributed by atoms with Crippen LogP contribution in [0.4, 0.5) is 0 Å². The SMILES string of the molecule is CCCCc1cn(CCO)c2cc(Cl)c(C)cc12. The minimum atomic E-state index is 0.155. The first-order chi connectivity index (χ1) is 8.67. The summed E-state index contributed by atoms with van der Waals surface area (Å²) in [7, 11) is 0. The Morgan fingerprint density at radius 2 is 2.11 bits per heavy atom. The van der Waals surface area contributed by atoms with Crippen LogP contribution in [0.2, 0.25) is 5.02 Å². The van der Waals surface area contributed by atoms with Crippen LogP contribution in [-0.4, -0.2) is 16.3 Å². The zero-order chi connectivity index (χ0) is 13.1. The molecule has 0 bridgehead atoms. The van der Waals surface area contributed by atoms with Crippen molar-refractivity contribution in [3.63, 3.8) is 0 Å². The van der Waals surface area contributed by atoms with Gasteiger partial charge in [0.1, 0.15) is 0 Å². The van der Waals surface area contributed by atoms with Gasteiger partial charge in [0.15, 0.2) is 0 Å². The van der Waals surface area contributed by atoms with Crippen LogP contribution in [0, 0.1) is 6.92 Å². The maximum absolute atomic E-state index is 9.13. The van der Waals surface area contributed by atoms with E-state index in [1.54, 1.807) is 0 Å². The summed E-state index contributed by atoms with van der Waals surface area (Å²) in [4.78, 5) is 0. The number of rotatable bonds is 5. The fourth-order valence-electron chi connectivity index (χ4n) is 2.35. The highest BCUT2D eigenvalue weighted by molar-refractivity contribution is 6.32. The molecular weight excluding hydrogens is 246 g/mol. The smallest absolute Gasteiger partial charge is 0.0610 e. The highest BCUT2D eigenvalue weighted by Gasteiger charge is 2.10. The number of benzene rings is 1. The summed E-state index contributed by atoms with van der Waals surface area (Å²) in [5.74, 6) is 0. The minimum Gasteiger partial charge on any atom is -0.395 e. The van der Waals surface area contributed by atoms with Gasteiger partial charge in [-0.2, -0.15) is 0 Å². The Hall–Kier alpha value is -0.990. The zero-order valence-electron chi connectivity index (χ0n) is 11.0. The Kier molecular flexibility index (Phi) is 4.31. The van der Waals surface area contributed by atoms with Gasteiger partial charge in [-0.25, -0.2) is 0 Å². The van der Waals surface area contributed by atoms with E-state index in [9.17, 15) is 0 Å². The average molecular weight is 266 g/mol. The number of aryl methyl sites for hydroxylation is 2. The Balaban J connectivity index is 2.53. The molecular formula is C15H20ClNO. The molecule has 0 aliphatic heterocycles. The predicted octanol–water partition coefficient (Wildman–Crippen LogP) is 3.94. The molecule has 0 atom stereocenters. The van der Waals surface area contributed by atoms with E-state index < -0.39 is 0 Å². The molecule has 98 valence electrons. The van der Waals surface area contributed by atoms with Gasteiger partial charge in [0, 0.05) is 28.7 Å². The number of fused-ring (bicyclic) bond motifs is 1. The van der Waals surface area contributed by atoms with Gasteiger partial charge >= 0.3 is 0 Å². The Morgan fingerprint density at radius 3 is 2.78 bits per heavy atom. The van der Waals surface area contributed by atoms with E-state index in [1.165, 1.54) is 23.8 Å². The van der Waals surface area contributed by atoms with Crippen molar-refractivity contribution in [2.75, 3.05) is 6.61 Å². The summed E-state index contributed by atoms with van der Waals surface area (Å²) in [6, 6.07) is 4.17.